The molecule has 0 aliphatic carbocycles. The Labute approximate surface area is 163 Å². The molecule has 0 spiro atoms. The van der Waals surface area contributed by atoms with Gasteiger partial charge in [-0.15, -0.1) is 11.3 Å². The predicted molar refractivity (Wildman–Crippen MR) is 106 cm³/mol. The molecule has 0 bridgehead atoms. The number of anilines is 1. The van der Waals surface area contributed by atoms with Gasteiger partial charge in [0.2, 0.25) is 5.91 Å². The van der Waals surface area contributed by atoms with Crippen molar-refractivity contribution in [1.82, 2.24) is 14.8 Å². The normalized spacial score (nSPS) is 11.2. The fourth-order valence-electron chi connectivity index (χ4n) is 2.77. The lowest BCUT2D eigenvalue weighted by Gasteiger charge is -2.07. The summed E-state index contributed by atoms with van der Waals surface area (Å²) in [7, 11) is 0. The van der Waals surface area contributed by atoms with E-state index in [9.17, 15) is 4.79 Å². The average Bonchev–Trinajstić information content (AvgIpc) is 3.28. The highest BCUT2D eigenvalue weighted by Crippen LogP contribution is 2.23. The number of nitrogens with one attached hydrogen (secondary N) is 2. The number of aromatic amines is 1. The number of rotatable bonds is 5. The van der Waals surface area contributed by atoms with E-state index in [1.807, 2.05) is 36.4 Å². The zero-order chi connectivity index (χ0) is 18.1. The molecule has 0 aliphatic rings. The summed E-state index contributed by atoms with van der Waals surface area (Å²) in [6, 6.07) is 13.1. The highest BCUT2D eigenvalue weighted by Gasteiger charge is 2.11. The van der Waals surface area contributed by atoms with Crippen molar-refractivity contribution >= 4 is 57.2 Å². The molecular weight excluding hydrogens is 391 g/mol. The van der Waals surface area contributed by atoms with Gasteiger partial charge >= 0.3 is 0 Å². The molecule has 4 aromatic rings. The lowest BCUT2D eigenvalue weighted by atomic mass is 10.2. The highest BCUT2D eigenvalue weighted by molar-refractivity contribution is 7.16. The number of fused-ring (bicyclic) bond motifs is 1. The summed E-state index contributed by atoms with van der Waals surface area (Å²) >= 11 is 13.5. The minimum Gasteiger partial charge on any atom is -0.358 e. The fraction of sp³-hybridized carbons (Fsp3) is 0.111. The third-order valence-corrected chi connectivity index (χ3v) is 5.36. The molecule has 4 rings (SSSR count). The van der Waals surface area contributed by atoms with Gasteiger partial charge in [-0.25, -0.2) is 4.68 Å². The van der Waals surface area contributed by atoms with Crippen molar-refractivity contribution in [2.24, 2.45) is 0 Å². The molecule has 132 valence electrons. The lowest BCUT2D eigenvalue weighted by Crippen LogP contribution is -2.18. The summed E-state index contributed by atoms with van der Waals surface area (Å²) in [6.45, 7) is 0.560. The molecule has 1 aromatic carbocycles. The molecule has 0 radical (unpaired) electrons. The maximum atomic E-state index is 12.4. The van der Waals surface area contributed by atoms with Crippen LogP contribution in [0.15, 0.2) is 48.7 Å². The Bertz CT molecular complexity index is 1080. The van der Waals surface area contributed by atoms with Gasteiger partial charge in [0.05, 0.1) is 23.5 Å². The van der Waals surface area contributed by atoms with Crippen LogP contribution in [0.5, 0.6) is 0 Å². The van der Waals surface area contributed by atoms with Gasteiger partial charge in [0.1, 0.15) is 5.82 Å². The van der Waals surface area contributed by atoms with E-state index in [-0.39, 0.29) is 12.3 Å². The number of H-pyrrole nitrogens is 1. The van der Waals surface area contributed by atoms with E-state index in [1.165, 1.54) is 11.3 Å². The largest absolute Gasteiger partial charge is 0.358 e. The molecule has 8 heteroatoms. The summed E-state index contributed by atoms with van der Waals surface area (Å²) in [4.78, 5) is 16.7. The number of carbonyl (C=O) groups is 1. The molecule has 3 heterocycles. The van der Waals surface area contributed by atoms with Crippen LogP contribution in [0.3, 0.4) is 0 Å². The van der Waals surface area contributed by atoms with Crippen molar-refractivity contribution in [2.75, 3.05) is 5.32 Å². The zero-order valence-electron chi connectivity index (χ0n) is 13.5. The monoisotopic (exact) mass is 404 g/mol. The Balaban J connectivity index is 1.45. The van der Waals surface area contributed by atoms with Crippen LogP contribution in [0, 0.1) is 0 Å². The predicted octanol–water partition coefficient (Wildman–Crippen LogP) is 4.96. The molecule has 26 heavy (non-hydrogen) atoms. The first-order valence-electron chi connectivity index (χ1n) is 7.90. The van der Waals surface area contributed by atoms with Gasteiger partial charge in [-0.2, -0.15) is 5.10 Å². The second kappa shape index (κ2) is 7.15. The van der Waals surface area contributed by atoms with Crippen LogP contribution in [-0.4, -0.2) is 20.7 Å². The topological polar surface area (TPSA) is 62.7 Å². The first-order valence-corrected chi connectivity index (χ1v) is 9.47. The molecule has 0 atom stereocenters. The number of hydrogen-bond acceptors (Lipinski definition) is 3. The van der Waals surface area contributed by atoms with Crippen LogP contribution in [0.4, 0.5) is 5.82 Å². The van der Waals surface area contributed by atoms with E-state index < -0.39 is 0 Å². The molecule has 3 aromatic heterocycles. The molecule has 0 unspecified atom stereocenters. The first kappa shape index (κ1) is 17.1. The van der Waals surface area contributed by atoms with E-state index in [0.717, 1.165) is 25.8 Å². The Morgan fingerprint density at radius 3 is 2.88 bits per heavy atom. The zero-order valence-corrected chi connectivity index (χ0v) is 15.8. The summed E-state index contributed by atoms with van der Waals surface area (Å²) < 4.78 is 2.47. The highest BCUT2D eigenvalue weighted by atomic mass is 35.5. The number of aromatic nitrogens is 3. The minimum absolute atomic E-state index is 0.117. The van der Waals surface area contributed by atoms with E-state index in [1.54, 1.807) is 16.9 Å². The standard InChI is InChI=1S/C18H14Cl2N4OS/c19-12-1-3-15-11(7-12)8-13(22-15)9-18(25)23-17-5-6-21-24(17)10-14-2-4-16(20)26-14/h1-8,22H,9-10H2,(H,23,25). The molecule has 5 nitrogen and oxygen atoms in total. The van der Waals surface area contributed by atoms with E-state index in [2.05, 4.69) is 15.4 Å². The average molecular weight is 405 g/mol. The van der Waals surface area contributed by atoms with Gasteiger partial charge in [-0.1, -0.05) is 23.2 Å². The van der Waals surface area contributed by atoms with Gasteiger partial charge in [0.25, 0.3) is 0 Å². The van der Waals surface area contributed by atoms with Gasteiger partial charge < -0.3 is 10.3 Å². The van der Waals surface area contributed by atoms with Crippen LogP contribution in [0.2, 0.25) is 9.36 Å². The molecule has 1 amide bonds. The Kier molecular flexibility index (Phi) is 4.72. The quantitative estimate of drug-likeness (QED) is 0.493. The number of nitrogens with zero attached hydrogens (tertiary/aromatic N) is 2. The Morgan fingerprint density at radius 2 is 2.08 bits per heavy atom. The number of thiophene rings is 1. The van der Waals surface area contributed by atoms with Crippen LogP contribution >= 0.6 is 34.5 Å². The van der Waals surface area contributed by atoms with Crippen LogP contribution in [-0.2, 0) is 17.8 Å². The molecule has 0 saturated carbocycles. The SMILES string of the molecule is O=C(Cc1cc2cc(Cl)ccc2[nH]1)Nc1ccnn1Cc1ccc(Cl)s1. The first-order chi connectivity index (χ1) is 12.6. The van der Waals surface area contributed by atoms with Crippen molar-refractivity contribution in [3.8, 4) is 0 Å². The van der Waals surface area contributed by atoms with Gasteiger partial charge in [0.15, 0.2) is 0 Å². The van der Waals surface area contributed by atoms with Gasteiger partial charge in [-0.05, 0) is 36.4 Å². The van der Waals surface area contributed by atoms with Crippen molar-refractivity contribution in [3.63, 3.8) is 0 Å². The molecule has 2 N–H and O–H groups in total. The third-order valence-electron chi connectivity index (χ3n) is 3.91. The van der Waals surface area contributed by atoms with E-state index in [4.69, 9.17) is 23.2 Å². The molecular formula is C18H14Cl2N4OS. The molecule has 0 fully saturated rings. The van der Waals surface area contributed by atoms with Crippen molar-refractivity contribution < 1.29 is 4.79 Å². The summed E-state index contributed by atoms with van der Waals surface area (Å²) in [5.74, 6) is 0.535. The third kappa shape index (κ3) is 3.77. The summed E-state index contributed by atoms with van der Waals surface area (Å²) in [5, 5.41) is 8.83. The number of carbonyl (C=O) groups excluding carboxylic acids is 1. The minimum atomic E-state index is -0.117. The number of halogens is 2. The maximum absolute atomic E-state index is 12.4. The van der Waals surface area contributed by atoms with Crippen LogP contribution < -0.4 is 5.32 Å². The van der Waals surface area contributed by atoms with Crippen molar-refractivity contribution in [2.45, 2.75) is 13.0 Å². The summed E-state index contributed by atoms with van der Waals surface area (Å²) in [6.07, 6.45) is 1.90. The van der Waals surface area contributed by atoms with Crippen molar-refractivity contribution in [3.05, 3.63) is 68.6 Å². The molecule has 0 aliphatic heterocycles. The number of amides is 1. The summed E-state index contributed by atoms with van der Waals surface area (Å²) in [5.41, 5.74) is 1.78. The van der Waals surface area contributed by atoms with Gasteiger partial charge in [-0.3, -0.25) is 4.79 Å². The second-order valence-corrected chi connectivity index (χ2v) is 8.07. The van der Waals surface area contributed by atoms with Crippen molar-refractivity contribution in [1.29, 1.82) is 0 Å². The lowest BCUT2D eigenvalue weighted by molar-refractivity contribution is -0.115. The Hall–Kier alpha value is -2.28. The maximum Gasteiger partial charge on any atom is 0.231 e. The van der Waals surface area contributed by atoms with E-state index in [0.29, 0.717) is 17.4 Å². The fourth-order valence-corrected chi connectivity index (χ4v) is 4.02. The van der Waals surface area contributed by atoms with Crippen LogP contribution in [0.1, 0.15) is 10.6 Å². The smallest absolute Gasteiger partial charge is 0.231 e. The Morgan fingerprint density at radius 1 is 1.19 bits per heavy atom. The number of hydrogen-bond donors (Lipinski definition) is 2. The van der Waals surface area contributed by atoms with Crippen LogP contribution in [0.25, 0.3) is 10.9 Å². The van der Waals surface area contributed by atoms with Gasteiger partial charge in [0, 0.05) is 32.6 Å². The van der Waals surface area contributed by atoms with E-state index >= 15 is 0 Å². The second-order valence-electron chi connectivity index (χ2n) is 5.83. The number of benzene rings is 1. The molecule has 0 saturated heterocycles.